The van der Waals surface area contributed by atoms with E-state index in [2.05, 4.69) is 10.6 Å². The van der Waals surface area contributed by atoms with Crippen LogP contribution in [0.1, 0.15) is 39.2 Å². The summed E-state index contributed by atoms with van der Waals surface area (Å²) in [6.07, 6.45) is -3.21. The van der Waals surface area contributed by atoms with Crippen molar-refractivity contribution in [1.29, 1.82) is 0 Å². The van der Waals surface area contributed by atoms with Crippen molar-refractivity contribution in [1.82, 2.24) is 5.32 Å². The van der Waals surface area contributed by atoms with E-state index in [0.29, 0.717) is 25.9 Å². The van der Waals surface area contributed by atoms with Crippen LogP contribution < -0.4 is 15.5 Å². The van der Waals surface area contributed by atoms with Gasteiger partial charge in [0.1, 0.15) is 5.54 Å². The molecule has 28 heavy (non-hydrogen) atoms. The molecule has 1 aliphatic heterocycles. The summed E-state index contributed by atoms with van der Waals surface area (Å²) in [7, 11) is 1.60. The molecular formula is C19H26F3N3O3. The van der Waals surface area contributed by atoms with Crippen molar-refractivity contribution in [2.45, 2.75) is 51.4 Å². The lowest BCUT2D eigenvalue weighted by atomic mass is 10.0. The van der Waals surface area contributed by atoms with Crippen LogP contribution in [0.2, 0.25) is 0 Å². The largest absolute Gasteiger partial charge is 0.418 e. The predicted molar refractivity (Wildman–Crippen MR) is 100 cm³/mol. The van der Waals surface area contributed by atoms with Crippen LogP contribution in [0.25, 0.3) is 0 Å². The van der Waals surface area contributed by atoms with E-state index < -0.39 is 29.1 Å². The van der Waals surface area contributed by atoms with Gasteiger partial charge in [0.15, 0.2) is 0 Å². The fourth-order valence-corrected chi connectivity index (χ4v) is 3.23. The lowest BCUT2D eigenvalue weighted by Crippen LogP contribution is -2.51. The van der Waals surface area contributed by atoms with Gasteiger partial charge in [0.25, 0.3) is 0 Å². The zero-order valence-corrected chi connectivity index (χ0v) is 16.4. The first-order valence-corrected chi connectivity index (χ1v) is 9.03. The highest BCUT2D eigenvalue weighted by Gasteiger charge is 2.36. The van der Waals surface area contributed by atoms with E-state index in [1.807, 2.05) is 0 Å². The smallest absolute Gasteiger partial charge is 0.381 e. The van der Waals surface area contributed by atoms with Gasteiger partial charge in [-0.2, -0.15) is 13.2 Å². The summed E-state index contributed by atoms with van der Waals surface area (Å²) in [5, 5.41) is 4.92. The quantitative estimate of drug-likeness (QED) is 0.795. The Balaban J connectivity index is 2.25. The topological polar surface area (TPSA) is 70.7 Å². The maximum Gasteiger partial charge on any atom is 0.418 e. The molecule has 1 saturated heterocycles. The number of hydrogen-bond donors (Lipinski definition) is 2. The lowest BCUT2D eigenvalue weighted by Gasteiger charge is -2.34. The van der Waals surface area contributed by atoms with Crippen LogP contribution in [-0.4, -0.2) is 43.7 Å². The summed E-state index contributed by atoms with van der Waals surface area (Å²) in [4.78, 5) is 25.3. The van der Waals surface area contributed by atoms with Gasteiger partial charge in [-0.05, 0) is 44.9 Å². The summed E-state index contributed by atoms with van der Waals surface area (Å²) in [6.45, 7) is 5.13. The van der Waals surface area contributed by atoms with E-state index in [1.54, 1.807) is 12.0 Å². The molecule has 0 saturated carbocycles. The van der Waals surface area contributed by atoms with E-state index in [-0.39, 0.29) is 17.5 Å². The van der Waals surface area contributed by atoms with Crippen molar-refractivity contribution >= 4 is 23.2 Å². The van der Waals surface area contributed by atoms with Gasteiger partial charge in [-0.3, -0.25) is 9.59 Å². The molecule has 0 spiro atoms. The third-order valence-corrected chi connectivity index (χ3v) is 4.73. The third kappa shape index (κ3) is 5.37. The number of anilines is 2. The third-order valence-electron chi connectivity index (χ3n) is 4.73. The Bertz CT molecular complexity index is 727. The average Bonchev–Trinajstić information content (AvgIpc) is 2.60. The lowest BCUT2D eigenvalue weighted by molar-refractivity contribution is -0.137. The van der Waals surface area contributed by atoms with Gasteiger partial charge in [0.2, 0.25) is 11.8 Å². The highest BCUT2D eigenvalue weighted by molar-refractivity contribution is 5.99. The highest BCUT2D eigenvalue weighted by Crippen LogP contribution is 2.39. The molecule has 1 aliphatic rings. The summed E-state index contributed by atoms with van der Waals surface area (Å²) in [6, 6.07) is 3.74. The molecule has 0 radical (unpaired) electrons. The van der Waals surface area contributed by atoms with Gasteiger partial charge in [0.05, 0.1) is 11.7 Å². The molecule has 1 aromatic carbocycles. The first-order valence-electron chi connectivity index (χ1n) is 9.03. The van der Waals surface area contributed by atoms with Crippen LogP contribution in [0.15, 0.2) is 18.2 Å². The summed E-state index contributed by atoms with van der Waals surface area (Å²) < 4.78 is 46.2. The maximum absolute atomic E-state index is 13.6. The van der Waals surface area contributed by atoms with E-state index in [1.165, 1.54) is 32.9 Å². The van der Waals surface area contributed by atoms with E-state index in [4.69, 9.17) is 4.74 Å². The Morgan fingerprint density at radius 2 is 1.79 bits per heavy atom. The molecule has 2 amide bonds. The molecule has 0 unspecified atom stereocenters. The summed E-state index contributed by atoms with van der Waals surface area (Å²) >= 11 is 0. The van der Waals surface area contributed by atoms with Gasteiger partial charge in [-0.1, -0.05) is 0 Å². The molecule has 1 fully saturated rings. The van der Waals surface area contributed by atoms with Gasteiger partial charge >= 0.3 is 6.18 Å². The average molecular weight is 401 g/mol. The van der Waals surface area contributed by atoms with Crippen molar-refractivity contribution in [3.05, 3.63) is 23.8 Å². The van der Waals surface area contributed by atoms with Crippen molar-refractivity contribution in [3.63, 3.8) is 0 Å². The summed E-state index contributed by atoms with van der Waals surface area (Å²) in [5.74, 6) is -1.02. The number of alkyl halides is 3. The molecule has 2 N–H and O–H groups in total. The number of methoxy groups -OCH3 is 1. The van der Waals surface area contributed by atoms with Crippen molar-refractivity contribution in [2.24, 2.45) is 0 Å². The second-order valence-corrected chi connectivity index (χ2v) is 7.41. The zero-order valence-electron chi connectivity index (χ0n) is 16.4. The van der Waals surface area contributed by atoms with Gasteiger partial charge < -0.3 is 20.3 Å². The standard InChI is InChI=1S/C19H26F3N3O3/c1-12(26)24-18(2,3)17(27)23-13-5-6-16(15(11-13)19(20,21)22)25-9-7-14(28-4)8-10-25/h5-6,11,14H,7-10H2,1-4H3,(H,23,27)(H,24,26). The number of nitrogens with one attached hydrogen (secondary N) is 2. The fourth-order valence-electron chi connectivity index (χ4n) is 3.23. The van der Waals surface area contributed by atoms with E-state index in [0.717, 1.165) is 6.07 Å². The number of rotatable bonds is 5. The molecular weight excluding hydrogens is 375 g/mol. The molecule has 0 aliphatic carbocycles. The number of nitrogens with zero attached hydrogens (tertiary/aromatic N) is 1. The van der Waals surface area contributed by atoms with Crippen LogP contribution in [0, 0.1) is 0 Å². The first kappa shape index (κ1) is 22.0. The number of benzene rings is 1. The number of amides is 2. The van der Waals surface area contributed by atoms with E-state index >= 15 is 0 Å². The molecule has 0 aromatic heterocycles. The molecule has 6 nitrogen and oxygen atoms in total. The molecule has 0 bridgehead atoms. The Labute approximate surface area is 162 Å². The Hall–Kier alpha value is -2.29. The molecule has 0 atom stereocenters. The van der Waals surface area contributed by atoms with Crippen LogP contribution in [0.4, 0.5) is 24.5 Å². The van der Waals surface area contributed by atoms with Gasteiger partial charge in [0, 0.05) is 38.5 Å². The van der Waals surface area contributed by atoms with Gasteiger partial charge in [-0.15, -0.1) is 0 Å². The summed E-state index contributed by atoms with van der Waals surface area (Å²) in [5.41, 5.74) is -1.96. The minimum Gasteiger partial charge on any atom is -0.381 e. The highest BCUT2D eigenvalue weighted by atomic mass is 19.4. The van der Waals surface area contributed by atoms with Crippen LogP contribution >= 0.6 is 0 Å². The molecule has 2 rings (SSSR count). The fraction of sp³-hybridized carbons (Fsp3) is 0.579. The number of ether oxygens (including phenoxy) is 1. The Morgan fingerprint density at radius 1 is 1.18 bits per heavy atom. The van der Waals surface area contributed by atoms with Crippen LogP contribution in [0.5, 0.6) is 0 Å². The minimum atomic E-state index is -4.57. The zero-order chi connectivity index (χ0) is 21.1. The van der Waals surface area contributed by atoms with Crippen molar-refractivity contribution in [3.8, 4) is 0 Å². The van der Waals surface area contributed by atoms with Crippen molar-refractivity contribution in [2.75, 3.05) is 30.4 Å². The molecule has 1 heterocycles. The molecule has 9 heteroatoms. The monoisotopic (exact) mass is 401 g/mol. The Kier molecular flexibility index (Phi) is 6.59. The van der Waals surface area contributed by atoms with Gasteiger partial charge in [-0.25, -0.2) is 0 Å². The second-order valence-electron chi connectivity index (χ2n) is 7.41. The van der Waals surface area contributed by atoms with E-state index in [9.17, 15) is 22.8 Å². The maximum atomic E-state index is 13.6. The SMILES string of the molecule is COC1CCN(c2ccc(NC(=O)C(C)(C)NC(C)=O)cc2C(F)(F)F)CC1. The number of hydrogen-bond acceptors (Lipinski definition) is 4. The molecule has 1 aromatic rings. The van der Waals surface area contributed by atoms with Crippen molar-refractivity contribution < 1.29 is 27.5 Å². The second kappa shape index (κ2) is 8.38. The van der Waals surface area contributed by atoms with Crippen LogP contribution in [0.3, 0.4) is 0 Å². The Morgan fingerprint density at radius 3 is 2.29 bits per heavy atom. The predicted octanol–water partition coefficient (Wildman–Crippen LogP) is 3.17. The van der Waals surface area contributed by atoms with Crippen LogP contribution in [-0.2, 0) is 20.5 Å². The molecule has 156 valence electrons. The number of carbonyl (C=O) groups is 2. The number of piperidine rings is 1. The number of halogens is 3. The number of carbonyl (C=O) groups excluding carboxylic acids is 2. The minimum absolute atomic E-state index is 0.0197. The first-order chi connectivity index (χ1) is 12.9. The normalized spacial score (nSPS) is 16.0.